The Morgan fingerprint density at radius 3 is 2.76 bits per heavy atom. The van der Waals surface area contributed by atoms with Crippen LogP contribution in [-0.2, 0) is 16.1 Å². The average molecular weight is 291 g/mol. The summed E-state index contributed by atoms with van der Waals surface area (Å²) in [6, 6.07) is 9.88. The zero-order chi connectivity index (χ0) is 14.8. The molecule has 1 aliphatic heterocycles. The Bertz CT molecular complexity index is 405. The molecule has 0 bridgehead atoms. The highest BCUT2D eigenvalue weighted by Gasteiger charge is 2.08. The number of piperazine rings is 1. The van der Waals surface area contributed by atoms with E-state index in [1.54, 1.807) is 0 Å². The van der Waals surface area contributed by atoms with Crippen molar-refractivity contribution in [1.82, 2.24) is 15.5 Å². The van der Waals surface area contributed by atoms with Crippen molar-refractivity contribution in [2.75, 3.05) is 45.9 Å². The van der Waals surface area contributed by atoms with E-state index in [1.165, 1.54) is 0 Å². The largest absolute Gasteiger partial charge is 0.367 e. The number of carbonyl (C=O) groups is 1. The van der Waals surface area contributed by atoms with Gasteiger partial charge in [0, 0.05) is 32.7 Å². The van der Waals surface area contributed by atoms with E-state index in [0.717, 1.165) is 51.3 Å². The average Bonchev–Trinajstić information content (AvgIpc) is 2.54. The lowest BCUT2D eigenvalue weighted by molar-refractivity contribution is -0.126. The predicted molar refractivity (Wildman–Crippen MR) is 83.0 cm³/mol. The Morgan fingerprint density at radius 2 is 2.00 bits per heavy atom. The molecule has 1 aromatic carbocycles. The van der Waals surface area contributed by atoms with Crippen LogP contribution >= 0.6 is 0 Å². The van der Waals surface area contributed by atoms with Crippen molar-refractivity contribution < 1.29 is 9.53 Å². The lowest BCUT2D eigenvalue weighted by Gasteiger charge is -2.27. The number of hydrogen-bond donors (Lipinski definition) is 2. The Hall–Kier alpha value is -1.43. The van der Waals surface area contributed by atoms with Crippen LogP contribution in [0, 0.1) is 0 Å². The minimum absolute atomic E-state index is 0.0359. The third-order valence-electron chi connectivity index (χ3n) is 3.53. The molecule has 0 aliphatic carbocycles. The summed E-state index contributed by atoms with van der Waals surface area (Å²) in [6.07, 6.45) is 0.991. The molecule has 0 radical (unpaired) electrons. The van der Waals surface area contributed by atoms with Crippen LogP contribution < -0.4 is 10.6 Å². The van der Waals surface area contributed by atoms with Gasteiger partial charge in [0.15, 0.2) is 0 Å². The van der Waals surface area contributed by atoms with Gasteiger partial charge in [-0.1, -0.05) is 30.3 Å². The number of ether oxygens (including phenoxy) is 1. The molecule has 1 saturated heterocycles. The van der Waals surface area contributed by atoms with E-state index in [0.29, 0.717) is 6.61 Å². The smallest absolute Gasteiger partial charge is 0.246 e. The molecule has 0 unspecified atom stereocenters. The first kappa shape index (κ1) is 15.9. The predicted octanol–water partition coefficient (Wildman–Crippen LogP) is 0.615. The van der Waals surface area contributed by atoms with Crippen LogP contribution in [0.2, 0.25) is 0 Å². The minimum atomic E-state index is -0.0359. The van der Waals surface area contributed by atoms with E-state index in [-0.39, 0.29) is 12.5 Å². The molecule has 2 rings (SSSR count). The quantitative estimate of drug-likeness (QED) is 0.689. The Balaban J connectivity index is 1.47. The van der Waals surface area contributed by atoms with Gasteiger partial charge in [-0.3, -0.25) is 4.79 Å². The van der Waals surface area contributed by atoms with Crippen molar-refractivity contribution in [1.29, 1.82) is 0 Å². The standard InChI is InChI=1S/C16H25N3O2/c20-16(14-21-13-15-5-2-1-3-6-15)18-7-4-10-19-11-8-17-9-12-19/h1-3,5-6,17H,4,7-14H2,(H,18,20). The van der Waals surface area contributed by atoms with Gasteiger partial charge in [-0.2, -0.15) is 0 Å². The van der Waals surface area contributed by atoms with Crippen molar-refractivity contribution in [2.24, 2.45) is 0 Å². The SMILES string of the molecule is O=C(COCc1ccccc1)NCCCN1CCNCC1. The summed E-state index contributed by atoms with van der Waals surface area (Å²) >= 11 is 0. The van der Waals surface area contributed by atoms with E-state index < -0.39 is 0 Å². The van der Waals surface area contributed by atoms with Gasteiger partial charge in [0.05, 0.1) is 6.61 Å². The van der Waals surface area contributed by atoms with Gasteiger partial charge in [-0.25, -0.2) is 0 Å². The summed E-state index contributed by atoms with van der Waals surface area (Å²) in [7, 11) is 0. The van der Waals surface area contributed by atoms with Crippen LogP contribution in [-0.4, -0.2) is 56.7 Å². The molecule has 116 valence electrons. The summed E-state index contributed by atoms with van der Waals surface area (Å²) in [6.45, 7) is 6.73. The Morgan fingerprint density at radius 1 is 1.24 bits per heavy atom. The Kier molecular flexibility index (Phi) is 7.21. The third kappa shape index (κ3) is 6.71. The van der Waals surface area contributed by atoms with Crippen LogP contribution in [0.3, 0.4) is 0 Å². The highest BCUT2D eigenvalue weighted by atomic mass is 16.5. The van der Waals surface area contributed by atoms with Gasteiger partial charge in [0.2, 0.25) is 5.91 Å². The fraction of sp³-hybridized carbons (Fsp3) is 0.562. The van der Waals surface area contributed by atoms with Gasteiger partial charge < -0.3 is 20.3 Å². The molecule has 2 N–H and O–H groups in total. The maximum atomic E-state index is 11.6. The van der Waals surface area contributed by atoms with E-state index in [1.807, 2.05) is 30.3 Å². The summed E-state index contributed by atoms with van der Waals surface area (Å²) in [5, 5.41) is 6.23. The molecule has 21 heavy (non-hydrogen) atoms. The molecular formula is C16H25N3O2. The second-order valence-electron chi connectivity index (χ2n) is 5.27. The molecule has 0 saturated carbocycles. The van der Waals surface area contributed by atoms with Crippen LogP contribution in [0.25, 0.3) is 0 Å². The summed E-state index contributed by atoms with van der Waals surface area (Å²) in [5.74, 6) is -0.0359. The van der Waals surface area contributed by atoms with E-state index >= 15 is 0 Å². The van der Waals surface area contributed by atoms with Gasteiger partial charge in [0.25, 0.3) is 0 Å². The molecule has 1 amide bonds. The first-order chi connectivity index (χ1) is 10.3. The number of amides is 1. The zero-order valence-corrected chi connectivity index (χ0v) is 12.5. The molecule has 1 fully saturated rings. The van der Waals surface area contributed by atoms with Crippen LogP contribution in [0.5, 0.6) is 0 Å². The molecule has 5 nitrogen and oxygen atoms in total. The highest BCUT2D eigenvalue weighted by Crippen LogP contribution is 2.00. The molecular weight excluding hydrogens is 266 g/mol. The van der Waals surface area contributed by atoms with Crippen molar-refractivity contribution in [3.63, 3.8) is 0 Å². The molecule has 1 aromatic rings. The second kappa shape index (κ2) is 9.50. The monoisotopic (exact) mass is 291 g/mol. The Labute approximate surface area is 126 Å². The molecule has 0 atom stereocenters. The second-order valence-corrected chi connectivity index (χ2v) is 5.27. The molecule has 1 heterocycles. The maximum absolute atomic E-state index is 11.6. The first-order valence-electron chi connectivity index (χ1n) is 7.66. The molecule has 1 aliphatic rings. The molecule has 0 aromatic heterocycles. The molecule has 5 heteroatoms. The topological polar surface area (TPSA) is 53.6 Å². The number of benzene rings is 1. The van der Waals surface area contributed by atoms with Gasteiger partial charge in [-0.15, -0.1) is 0 Å². The fourth-order valence-corrected chi connectivity index (χ4v) is 2.35. The lowest BCUT2D eigenvalue weighted by Crippen LogP contribution is -2.44. The summed E-state index contributed by atoms with van der Waals surface area (Å²) < 4.78 is 5.40. The third-order valence-corrected chi connectivity index (χ3v) is 3.53. The van der Waals surface area contributed by atoms with Crippen LogP contribution in [0.15, 0.2) is 30.3 Å². The van der Waals surface area contributed by atoms with E-state index in [4.69, 9.17) is 4.74 Å². The van der Waals surface area contributed by atoms with Crippen molar-refractivity contribution >= 4 is 5.91 Å². The van der Waals surface area contributed by atoms with Gasteiger partial charge in [-0.05, 0) is 18.5 Å². The van der Waals surface area contributed by atoms with Crippen molar-refractivity contribution in [2.45, 2.75) is 13.0 Å². The molecule has 0 spiro atoms. The van der Waals surface area contributed by atoms with E-state index in [2.05, 4.69) is 15.5 Å². The normalized spacial score (nSPS) is 15.8. The summed E-state index contributed by atoms with van der Waals surface area (Å²) in [5.41, 5.74) is 1.09. The number of nitrogens with one attached hydrogen (secondary N) is 2. The van der Waals surface area contributed by atoms with Gasteiger partial charge >= 0.3 is 0 Å². The van der Waals surface area contributed by atoms with Crippen LogP contribution in [0.1, 0.15) is 12.0 Å². The summed E-state index contributed by atoms with van der Waals surface area (Å²) in [4.78, 5) is 14.0. The highest BCUT2D eigenvalue weighted by molar-refractivity contribution is 5.77. The zero-order valence-electron chi connectivity index (χ0n) is 12.5. The van der Waals surface area contributed by atoms with Gasteiger partial charge in [0.1, 0.15) is 6.61 Å². The number of rotatable bonds is 8. The number of carbonyl (C=O) groups excluding carboxylic acids is 1. The van der Waals surface area contributed by atoms with Crippen molar-refractivity contribution in [3.8, 4) is 0 Å². The van der Waals surface area contributed by atoms with Crippen LogP contribution in [0.4, 0.5) is 0 Å². The minimum Gasteiger partial charge on any atom is -0.367 e. The lowest BCUT2D eigenvalue weighted by atomic mass is 10.2. The first-order valence-corrected chi connectivity index (χ1v) is 7.66. The maximum Gasteiger partial charge on any atom is 0.246 e. The number of hydrogen-bond acceptors (Lipinski definition) is 4. The van der Waals surface area contributed by atoms with Crippen molar-refractivity contribution in [3.05, 3.63) is 35.9 Å². The van der Waals surface area contributed by atoms with E-state index in [9.17, 15) is 4.79 Å². The fourth-order valence-electron chi connectivity index (χ4n) is 2.35. The number of nitrogens with zero attached hydrogens (tertiary/aromatic N) is 1.